The van der Waals surface area contributed by atoms with Crippen molar-refractivity contribution in [3.63, 3.8) is 0 Å². The Bertz CT molecular complexity index is 1070. The molecule has 1 N–H and O–H groups in total. The molecular formula is C25H30ClN3O4. The number of rotatable bonds is 7. The molecule has 1 saturated heterocycles. The van der Waals surface area contributed by atoms with E-state index in [2.05, 4.69) is 5.32 Å². The van der Waals surface area contributed by atoms with E-state index in [-0.39, 0.29) is 11.8 Å². The highest BCUT2D eigenvalue weighted by atomic mass is 35.5. The van der Waals surface area contributed by atoms with Crippen LogP contribution in [0.25, 0.3) is 0 Å². The normalized spacial score (nSPS) is 22.1. The van der Waals surface area contributed by atoms with Crippen molar-refractivity contribution in [1.29, 1.82) is 0 Å². The van der Waals surface area contributed by atoms with Crippen molar-refractivity contribution in [2.75, 3.05) is 39.2 Å². The number of ether oxygens (including phenoxy) is 2. The van der Waals surface area contributed by atoms with E-state index in [0.29, 0.717) is 59.5 Å². The number of carbonyl (C=O) groups is 2. The minimum atomic E-state index is -1.29. The first-order chi connectivity index (χ1) is 15.9. The molecule has 1 unspecified atom stereocenters. The molecule has 2 amide bonds. The summed E-state index contributed by atoms with van der Waals surface area (Å²) in [5.74, 6) is 0.809. The number of benzene rings is 2. The molecule has 2 aliphatic rings. The number of likely N-dealkylation sites (N-methyl/N-ethyl adjacent to an activating group) is 1. The van der Waals surface area contributed by atoms with Gasteiger partial charge in [-0.15, -0.1) is 0 Å². The van der Waals surface area contributed by atoms with Crippen LogP contribution in [0.15, 0.2) is 36.4 Å². The molecule has 0 saturated carbocycles. The van der Waals surface area contributed by atoms with Crippen LogP contribution in [0.2, 0.25) is 5.02 Å². The third-order valence-corrected chi connectivity index (χ3v) is 6.55. The van der Waals surface area contributed by atoms with Crippen LogP contribution in [-0.2, 0) is 15.1 Å². The van der Waals surface area contributed by atoms with Gasteiger partial charge < -0.3 is 19.7 Å². The fraction of sp³-hybridized carbons (Fsp3) is 0.440. The van der Waals surface area contributed by atoms with Crippen molar-refractivity contribution in [3.8, 4) is 11.5 Å². The lowest BCUT2D eigenvalue weighted by atomic mass is 9.80. The highest BCUT2D eigenvalue weighted by molar-refractivity contribution is 6.31. The number of fused-ring (bicyclic) bond motifs is 1. The Morgan fingerprint density at radius 1 is 1.18 bits per heavy atom. The largest absolute Gasteiger partial charge is 0.490 e. The first-order valence-corrected chi connectivity index (χ1v) is 11.7. The van der Waals surface area contributed by atoms with Crippen molar-refractivity contribution < 1.29 is 19.1 Å². The predicted molar refractivity (Wildman–Crippen MR) is 128 cm³/mol. The predicted octanol–water partition coefficient (Wildman–Crippen LogP) is 3.89. The molecule has 33 heavy (non-hydrogen) atoms. The van der Waals surface area contributed by atoms with Gasteiger partial charge in [0, 0.05) is 42.5 Å². The second-order valence-electron chi connectivity index (χ2n) is 8.44. The van der Waals surface area contributed by atoms with Crippen molar-refractivity contribution in [3.05, 3.63) is 52.5 Å². The molecule has 176 valence electrons. The van der Waals surface area contributed by atoms with E-state index in [1.165, 1.54) is 0 Å². The Balaban J connectivity index is 2.04. The summed E-state index contributed by atoms with van der Waals surface area (Å²) >= 11 is 6.44. The molecule has 2 aromatic rings. The number of hydrogen-bond donors (Lipinski definition) is 1. The third kappa shape index (κ3) is 3.73. The average Bonchev–Trinajstić information content (AvgIpc) is 3.37. The van der Waals surface area contributed by atoms with Crippen LogP contribution in [0.1, 0.15) is 37.8 Å². The van der Waals surface area contributed by atoms with E-state index in [1.54, 1.807) is 25.1 Å². The SMILES string of the molecule is CCOc1cccc(C2(N3CCC[C@H]3C(=O)N(C)C)C(=O)Nc3ccc(Cl)cc32)c1OCC. The van der Waals surface area contributed by atoms with Gasteiger partial charge in [0.05, 0.1) is 19.3 Å². The third-order valence-electron chi connectivity index (χ3n) is 6.31. The molecule has 2 atom stereocenters. The maximum absolute atomic E-state index is 14.0. The lowest BCUT2D eigenvalue weighted by molar-refractivity contribution is -0.138. The van der Waals surface area contributed by atoms with Gasteiger partial charge in [-0.1, -0.05) is 23.7 Å². The number of anilines is 1. The van der Waals surface area contributed by atoms with Crippen molar-refractivity contribution >= 4 is 29.1 Å². The van der Waals surface area contributed by atoms with E-state index in [9.17, 15) is 9.59 Å². The Labute approximate surface area is 199 Å². The summed E-state index contributed by atoms with van der Waals surface area (Å²) < 4.78 is 12.0. The van der Waals surface area contributed by atoms with Gasteiger partial charge >= 0.3 is 0 Å². The smallest absolute Gasteiger partial charge is 0.254 e. The zero-order chi connectivity index (χ0) is 23.8. The van der Waals surface area contributed by atoms with Crippen molar-refractivity contribution in [2.24, 2.45) is 0 Å². The monoisotopic (exact) mass is 471 g/mol. The number of hydrogen-bond acceptors (Lipinski definition) is 5. The number of nitrogens with zero attached hydrogens (tertiary/aromatic N) is 2. The first kappa shape index (κ1) is 23.4. The van der Waals surface area contributed by atoms with E-state index < -0.39 is 11.6 Å². The van der Waals surface area contributed by atoms with E-state index in [4.69, 9.17) is 21.1 Å². The van der Waals surface area contributed by atoms with E-state index in [1.807, 2.05) is 49.1 Å². The van der Waals surface area contributed by atoms with Gasteiger partial charge in [-0.2, -0.15) is 0 Å². The molecule has 0 aromatic heterocycles. The highest BCUT2D eigenvalue weighted by Crippen LogP contribution is 2.53. The summed E-state index contributed by atoms with van der Waals surface area (Å²) in [6.07, 6.45) is 1.46. The van der Waals surface area contributed by atoms with Gasteiger partial charge in [0.1, 0.15) is 0 Å². The quantitative estimate of drug-likeness (QED) is 0.663. The van der Waals surface area contributed by atoms with Crippen LogP contribution in [0.4, 0.5) is 5.69 Å². The molecule has 4 rings (SSSR count). The number of nitrogens with one attached hydrogen (secondary N) is 1. The molecule has 2 aliphatic heterocycles. The summed E-state index contributed by atoms with van der Waals surface area (Å²) in [5.41, 5.74) is 0.752. The summed E-state index contributed by atoms with van der Waals surface area (Å²) in [5, 5.41) is 3.56. The van der Waals surface area contributed by atoms with Crippen molar-refractivity contribution in [2.45, 2.75) is 38.3 Å². The second kappa shape index (κ2) is 9.23. The fourth-order valence-corrected chi connectivity index (χ4v) is 5.23. The zero-order valence-electron chi connectivity index (χ0n) is 19.5. The number of carbonyl (C=O) groups excluding carboxylic acids is 2. The number of amides is 2. The molecule has 0 spiro atoms. The zero-order valence-corrected chi connectivity index (χ0v) is 20.2. The van der Waals surface area contributed by atoms with Gasteiger partial charge in [0.2, 0.25) is 5.91 Å². The van der Waals surface area contributed by atoms with Crippen LogP contribution in [0.3, 0.4) is 0 Å². The van der Waals surface area contributed by atoms with E-state index in [0.717, 1.165) is 6.42 Å². The molecule has 1 fully saturated rings. The minimum Gasteiger partial charge on any atom is -0.490 e. The second-order valence-corrected chi connectivity index (χ2v) is 8.87. The van der Waals surface area contributed by atoms with Gasteiger partial charge in [-0.25, -0.2) is 0 Å². The maximum Gasteiger partial charge on any atom is 0.254 e. The van der Waals surface area contributed by atoms with Crippen LogP contribution in [0.5, 0.6) is 11.5 Å². The van der Waals surface area contributed by atoms with Crippen LogP contribution in [0, 0.1) is 0 Å². The lowest BCUT2D eigenvalue weighted by Crippen LogP contribution is -2.57. The molecule has 7 nitrogen and oxygen atoms in total. The number of halogens is 1. The van der Waals surface area contributed by atoms with Crippen LogP contribution < -0.4 is 14.8 Å². The standard InChI is InChI=1S/C25H30ClN3O4/c1-5-32-21-11-7-9-17(22(21)33-6-2)25(29-14-8-10-20(29)23(30)28(3)4)18-15-16(26)12-13-19(18)27-24(25)31/h7,9,11-13,15,20H,5-6,8,10,14H2,1-4H3,(H,27,31)/t20-,25?/m0/s1. The molecular weight excluding hydrogens is 442 g/mol. The Morgan fingerprint density at radius 3 is 2.64 bits per heavy atom. The Kier molecular flexibility index (Phi) is 6.54. The van der Waals surface area contributed by atoms with Crippen molar-refractivity contribution in [1.82, 2.24) is 9.80 Å². The molecule has 2 heterocycles. The fourth-order valence-electron chi connectivity index (χ4n) is 5.05. The summed E-state index contributed by atoms with van der Waals surface area (Å²) in [7, 11) is 3.48. The molecule has 0 radical (unpaired) electrons. The van der Waals surface area contributed by atoms with Gasteiger partial charge in [-0.05, 0) is 51.0 Å². The number of para-hydroxylation sites is 1. The maximum atomic E-state index is 14.0. The van der Waals surface area contributed by atoms with Crippen LogP contribution >= 0.6 is 11.6 Å². The molecule has 0 aliphatic carbocycles. The molecule has 0 bridgehead atoms. The lowest BCUT2D eigenvalue weighted by Gasteiger charge is -2.42. The van der Waals surface area contributed by atoms with Crippen LogP contribution in [-0.4, -0.2) is 61.5 Å². The summed E-state index contributed by atoms with van der Waals surface area (Å²) in [6, 6.07) is 10.5. The average molecular weight is 472 g/mol. The van der Waals surface area contributed by atoms with Gasteiger partial charge in [0.25, 0.3) is 5.91 Å². The molecule has 2 aromatic carbocycles. The summed E-state index contributed by atoms with van der Waals surface area (Å²) in [4.78, 5) is 30.8. The van der Waals surface area contributed by atoms with E-state index >= 15 is 0 Å². The summed E-state index contributed by atoms with van der Waals surface area (Å²) in [6.45, 7) is 5.23. The molecule has 8 heteroatoms. The van der Waals surface area contributed by atoms with Gasteiger partial charge in [-0.3, -0.25) is 14.5 Å². The van der Waals surface area contributed by atoms with Gasteiger partial charge in [0.15, 0.2) is 17.0 Å². The Hall–Kier alpha value is -2.77. The topological polar surface area (TPSA) is 71.1 Å². The number of likely N-dealkylation sites (tertiary alicyclic amines) is 1. The first-order valence-electron chi connectivity index (χ1n) is 11.3. The minimum absolute atomic E-state index is 0.0333. The Morgan fingerprint density at radius 2 is 1.94 bits per heavy atom. The highest BCUT2D eigenvalue weighted by Gasteiger charge is 2.58.